The smallest absolute Gasteiger partial charge is 0.142 e. The Kier molecular flexibility index (Phi) is 4.00. The molecule has 0 saturated carbocycles. The summed E-state index contributed by atoms with van der Waals surface area (Å²) in [7, 11) is 3.28. The average Bonchev–Trinajstić information content (AvgIpc) is 2.26. The third-order valence-electron chi connectivity index (χ3n) is 2.18. The van der Waals surface area contributed by atoms with Crippen molar-refractivity contribution in [1.29, 1.82) is 0 Å². The Morgan fingerprint density at radius 3 is 2.47 bits per heavy atom. The molecule has 4 nitrogen and oxygen atoms in total. The van der Waals surface area contributed by atoms with Gasteiger partial charge in [0.1, 0.15) is 5.82 Å². The SMILES string of the molecule is CN/C(Cc1ccccc1)=C(/N)N(C)O. The van der Waals surface area contributed by atoms with Crippen molar-refractivity contribution < 1.29 is 5.21 Å². The van der Waals surface area contributed by atoms with E-state index >= 15 is 0 Å². The average molecular weight is 207 g/mol. The number of nitrogens with one attached hydrogen (secondary N) is 1. The van der Waals surface area contributed by atoms with E-state index in [2.05, 4.69) is 5.32 Å². The van der Waals surface area contributed by atoms with E-state index in [0.717, 1.165) is 16.3 Å². The lowest BCUT2D eigenvalue weighted by molar-refractivity contribution is -0.0313. The molecule has 0 heterocycles. The van der Waals surface area contributed by atoms with Crippen LogP contribution in [0.5, 0.6) is 0 Å². The number of nitrogens with two attached hydrogens (primary N) is 1. The third kappa shape index (κ3) is 3.18. The zero-order valence-electron chi connectivity index (χ0n) is 9.07. The van der Waals surface area contributed by atoms with Gasteiger partial charge in [-0.25, -0.2) is 5.06 Å². The van der Waals surface area contributed by atoms with Gasteiger partial charge in [0.25, 0.3) is 0 Å². The van der Waals surface area contributed by atoms with Crippen LogP contribution < -0.4 is 11.1 Å². The second-order valence-electron chi connectivity index (χ2n) is 3.30. The van der Waals surface area contributed by atoms with E-state index in [0.29, 0.717) is 12.2 Å². The van der Waals surface area contributed by atoms with Gasteiger partial charge in [-0.15, -0.1) is 0 Å². The number of hydroxylamine groups is 2. The van der Waals surface area contributed by atoms with Crippen LogP contribution in [0, 0.1) is 0 Å². The van der Waals surface area contributed by atoms with Crippen LogP contribution in [0.15, 0.2) is 41.8 Å². The number of hydrogen-bond donors (Lipinski definition) is 3. The predicted molar refractivity (Wildman–Crippen MR) is 60.0 cm³/mol. The molecule has 1 aromatic carbocycles. The van der Waals surface area contributed by atoms with Gasteiger partial charge in [0.05, 0.1) is 5.70 Å². The Morgan fingerprint density at radius 2 is 2.00 bits per heavy atom. The minimum atomic E-state index is 0.335. The summed E-state index contributed by atoms with van der Waals surface area (Å²) in [6.45, 7) is 0. The fourth-order valence-electron chi connectivity index (χ4n) is 1.30. The Balaban J connectivity index is 2.83. The van der Waals surface area contributed by atoms with Gasteiger partial charge < -0.3 is 11.1 Å². The minimum Gasteiger partial charge on any atom is -0.388 e. The lowest BCUT2D eigenvalue weighted by Gasteiger charge is -2.16. The summed E-state index contributed by atoms with van der Waals surface area (Å²) in [6.07, 6.45) is 0.675. The highest BCUT2D eigenvalue weighted by molar-refractivity contribution is 5.22. The number of likely N-dealkylation sites (N-methyl/N-ethyl adjacent to an activating group) is 1. The molecule has 0 radical (unpaired) electrons. The van der Waals surface area contributed by atoms with E-state index in [4.69, 9.17) is 5.73 Å². The van der Waals surface area contributed by atoms with Gasteiger partial charge in [0.2, 0.25) is 0 Å². The molecule has 0 aliphatic rings. The van der Waals surface area contributed by atoms with Crippen molar-refractivity contribution in [1.82, 2.24) is 10.4 Å². The second-order valence-corrected chi connectivity index (χ2v) is 3.30. The van der Waals surface area contributed by atoms with Gasteiger partial charge in [-0.1, -0.05) is 30.3 Å². The van der Waals surface area contributed by atoms with Gasteiger partial charge in [-0.05, 0) is 5.56 Å². The quantitative estimate of drug-likeness (QED) is 0.642. The van der Waals surface area contributed by atoms with Crippen molar-refractivity contribution in [3.63, 3.8) is 0 Å². The molecule has 0 fully saturated rings. The fraction of sp³-hybridized carbons (Fsp3) is 0.273. The van der Waals surface area contributed by atoms with Crippen molar-refractivity contribution in [3.05, 3.63) is 47.4 Å². The maximum Gasteiger partial charge on any atom is 0.142 e. The lowest BCUT2D eigenvalue weighted by atomic mass is 10.1. The molecule has 15 heavy (non-hydrogen) atoms. The van der Waals surface area contributed by atoms with Crippen LogP contribution in [0.3, 0.4) is 0 Å². The molecule has 0 bridgehead atoms. The summed E-state index contributed by atoms with van der Waals surface area (Å²) in [5, 5.41) is 13.1. The van der Waals surface area contributed by atoms with Gasteiger partial charge in [-0.3, -0.25) is 5.21 Å². The standard InChI is InChI=1S/C11H17N3O/c1-13-10(11(12)14(2)15)8-9-6-4-3-5-7-9/h3-7,13,15H,8,12H2,1-2H3/b11-10-. The monoisotopic (exact) mass is 207 g/mol. The molecule has 4 N–H and O–H groups in total. The second kappa shape index (κ2) is 5.26. The summed E-state index contributed by atoms with van der Waals surface area (Å²) in [5.41, 5.74) is 7.65. The first-order chi connectivity index (χ1) is 7.15. The summed E-state index contributed by atoms with van der Waals surface area (Å²) in [6, 6.07) is 9.95. The lowest BCUT2D eigenvalue weighted by Crippen LogP contribution is -2.26. The molecule has 0 aliphatic heterocycles. The van der Waals surface area contributed by atoms with Crippen molar-refractivity contribution in [2.75, 3.05) is 14.1 Å². The van der Waals surface area contributed by atoms with E-state index in [1.54, 1.807) is 7.05 Å². The summed E-state index contributed by atoms with van der Waals surface area (Å²) in [5.74, 6) is 0.335. The molecule has 0 unspecified atom stereocenters. The van der Waals surface area contributed by atoms with Crippen LogP contribution in [-0.4, -0.2) is 24.4 Å². The Labute approximate surface area is 90.0 Å². The summed E-state index contributed by atoms with van der Waals surface area (Å²) in [4.78, 5) is 0. The number of nitrogens with zero attached hydrogens (tertiary/aromatic N) is 1. The molecule has 0 atom stereocenters. The van der Waals surface area contributed by atoms with Crippen LogP contribution in [0.4, 0.5) is 0 Å². The molecule has 0 saturated heterocycles. The molecule has 0 aliphatic carbocycles. The first-order valence-corrected chi connectivity index (χ1v) is 4.78. The van der Waals surface area contributed by atoms with Crippen LogP contribution in [0.2, 0.25) is 0 Å². The molecule has 1 rings (SSSR count). The first-order valence-electron chi connectivity index (χ1n) is 4.78. The van der Waals surface area contributed by atoms with Crippen LogP contribution in [-0.2, 0) is 6.42 Å². The first kappa shape index (κ1) is 11.4. The maximum absolute atomic E-state index is 9.21. The molecule has 0 amide bonds. The highest BCUT2D eigenvalue weighted by atomic mass is 16.5. The van der Waals surface area contributed by atoms with Gasteiger partial charge >= 0.3 is 0 Å². The van der Waals surface area contributed by atoms with Gasteiger partial charge in [-0.2, -0.15) is 0 Å². The number of hydrogen-bond acceptors (Lipinski definition) is 4. The van der Waals surface area contributed by atoms with E-state index in [9.17, 15) is 5.21 Å². The van der Waals surface area contributed by atoms with E-state index < -0.39 is 0 Å². The number of rotatable bonds is 4. The fourth-order valence-corrected chi connectivity index (χ4v) is 1.30. The van der Waals surface area contributed by atoms with E-state index in [1.165, 1.54) is 7.05 Å². The summed E-state index contributed by atoms with van der Waals surface area (Å²) < 4.78 is 0. The molecule has 4 heteroatoms. The molecular weight excluding hydrogens is 190 g/mol. The Hall–Kier alpha value is -1.68. The van der Waals surface area contributed by atoms with Crippen molar-refractivity contribution in [2.45, 2.75) is 6.42 Å². The highest BCUT2D eigenvalue weighted by Crippen LogP contribution is 2.07. The van der Waals surface area contributed by atoms with E-state index in [1.807, 2.05) is 30.3 Å². The van der Waals surface area contributed by atoms with E-state index in [-0.39, 0.29) is 0 Å². The van der Waals surface area contributed by atoms with Crippen molar-refractivity contribution in [2.24, 2.45) is 5.73 Å². The topological polar surface area (TPSA) is 61.5 Å². The number of allylic oxidation sites excluding steroid dienone is 1. The molecule has 0 spiro atoms. The van der Waals surface area contributed by atoms with Crippen LogP contribution in [0.1, 0.15) is 5.56 Å². The molecular formula is C11H17N3O. The van der Waals surface area contributed by atoms with Crippen molar-refractivity contribution >= 4 is 0 Å². The molecule has 82 valence electrons. The maximum atomic E-state index is 9.21. The van der Waals surface area contributed by atoms with Crippen LogP contribution >= 0.6 is 0 Å². The molecule has 0 aromatic heterocycles. The molecule has 1 aromatic rings. The Morgan fingerprint density at radius 1 is 1.40 bits per heavy atom. The highest BCUT2D eigenvalue weighted by Gasteiger charge is 2.05. The summed E-state index contributed by atoms with van der Waals surface area (Å²) >= 11 is 0. The third-order valence-corrected chi connectivity index (χ3v) is 2.18. The number of benzene rings is 1. The van der Waals surface area contributed by atoms with Crippen LogP contribution in [0.25, 0.3) is 0 Å². The predicted octanol–water partition coefficient (Wildman–Crippen LogP) is 0.897. The van der Waals surface area contributed by atoms with Crippen molar-refractivity contribution in [3.8, 4) is 0 Å². The Bertz CT molecular complexity index is 333. The zero-order chi connectivity index (χ0) is 11.3. The minimum absolute atomic E-state index is 0.335. The zero-order valence-corrected chi connectivity index (χ0v) is 9.07. The van der Waals surface area contributed by atoms with Gasteiger partial charge in [0, 0.05) is 20.5 Å². The largest absolute Gasteiger partial charge is 0.388 e. The normalized spacial score (nSPS) is 11.9. The van der Waals surface area contributed by atoms with Gasteiger partial charge in [0.15, 0.2) is 0 Å².